The summed E-state index contributed by atoms with van der Waals surface area (Å²) in [7, 11) is 0. The second kappa shape index (κ2) is 3.99. The van der Waals surface area contributed by atoms with Gasteiger partial charge in [0.2, 0.25) is 0 Å². The van der Waals surface area contributed by atoms with Gasteiger partial charge in [-0.15, -0.1) is 0 Å². The molecule has 0 radical (unpaired) electrons. The molecule has 19 heavy (non-hydrogen) atoms. The van der Waals surface area contributed by atoms with Crippen LogP contribution in [0.2, 0.25) is 0 Å². The standard InChI is InChI=1S/C16H13N3/c1-3-7-13-11(5-1)9-16(18-13)19-15-10-17-14-8-4-2-6-12(14)15/h1-8,10,17H,9H2,(H,18,19). The molecule has 0 atom stereocenters. The third-order valence-corrected chi connectivity index (χ3v) is 3.47. The second-order valence-electron chi connectivity index (χ2n) is 4.74. The van der Waals surface area contributed by atoms with Crippen LogP contribution >= 0.6 is 0 Å². The monoisotopic (exact) mass is 247 g/mol. The highest BCUT2D eigenvalue weighted by Gasteiger charge is 2.14. The van der Waals surface area contributed by atoms with E-state index in [0.717, 1.165) is 29.1 Å². The zero-order chi connectivity index (χ0) is 12.7. The molecule has 2 aromatic carbocycles. The van der Waals surface area contributed by atoms with E-state index in [9.17, 15) is 0 Å². The molecule has 0 saturated heterocycles. The van der Waals surface area contributed by atoms with Crippen molar-refractivity contribution in [2.24, 2.45) is 4.99 Å². The summed E-state index contributed by atoms with van der Waals surface area (Å²) in [5, 5.41) is 4.63. The molecule has 1 aliphatic heterocycles. The summed E-state index contributed by atoms with van der Waals surface area (Å²) in [5.74, 6) is 1.01. The van der Waals surface area contributed by atoms with E-state index in [0.29, 0.717) is 0 Å². The summed E-state index contributed by atoms with van der Waals surface area (Å²) < 4.78 is 0. The van der Waals surface area contributed by atoms with Gasteiger partial charge in [-0.25, -0.2) is 4.99 Å². The highest BCUT2D eigenvalue weighted by atomic mass is 15.0. The first-order valence-electron chi connectivity index (χ1n) is 6.39. The third kappa shape index (κ3) is 1.71. The predicted molar refractivity (Wildman–Crippen MR) is 79.2 cm³/mol. The fourth-order valence-corrected chi connectivity index (χ4v) is 2.54. The van der Waals surface area contributed by atoms with Gasteiger partial charge in [-0.1, -0.05) is 36.4 Å². The van der Waals surface area contributed by atoms with E-state index in [4.69, 9.17) is 0 Å². The normalized spacial score (nSPS) is 13.4. The van der Waals surface area contributed by atoms with Crippen LogP contribution in [-0.2, 0) is 6.42 Å². The summed E-state index contributed by atoms with van der Waals surface area (Å²) in [6.07, 6.45) is 2.87. The molecule has 3 nitrogen and oxygen atoms in total. The lowest BCUT2D eigenvalue weighted by molar-refractivity contribution is 1.38. The number of aromatic amines is 1. The van der Waals surface area contributed by atoms with Gasteiger partial charge >= 0.3 is 0 Å². The average molecular weight is 247 g/mol. The molecule has 3 heteroatoms. The minimum Gasteiger partial charge on any atom is -0.359 e. The summed E-state index contributed by atoms with van der Waals surface area (Å²) in [6.45, 7) is 0. The maximum absolute atomic E-state index is 4.62. The molecular formula is C16H13N3. The molecule has 2 heterocycles. The van der Waals surface area contributed by atoms with Gasteiger partial charge in [-0.3, -0.25) is 0 Å². The highest BCUT2D eigenvalue weighted by Crippen LogP contribution is 2.28. The molecule has 0 saturated carbocycles. The summed E-state index contributed by atoms with van der Waals surface area (Å²) >= 11 is 0. The van der Waals surface area contributed by atoms with E-state index < -0.39 is 0 Å². The van der Waals surface area contributed by atoms with Gasteiger partial charge in [0.1, 0.15) is 5.84 Å². The van der Waals surface area contributed by atoms with Crippen molar-refractivity contribution in [3.05, 3.63) is 60.3 Å². The molecular weight excluding hydrogens is 234 g/mol. The van der Waals surface area contributed by atoms with Crippen molar-refractivity contribution in [3.8, 4) is 0 Å². The van der Waals surface area contributed by atoms with Crippen LogP contribution in [0.5, 0.6) is 0 Å². The van der Waals surface area contributed by atoms with E-state index in [1.807, 2.05) is 24.4 Å². The number of hydrogen-bond donors (Lipinski definition) is 2. The minimum atomic E-state index is 0.871. The Morgan fingerprint density at radius 3 is 2.79 bits per heavy atom. The largest absolute Gasteiger partial charge is 0.359 e. The number of H-pyrrole nitrogens is 1. The van der Waals surface area contributed by atoms with Crippen molar-refractivity contribution in [2.45, 2.75) is 6.42 Å². The van der Waals surface area contributed by atoms with Crippen molar-refractivity contribution >= 4 is 28.1 Å². The number of anilines is 1. The Hall–Kier alpha value is -2.55. The first-order valence-corrected chi connectivity index (χ1v) is 6.39. The van der Waals surface area contributed by atoms with E-state index in [-0.39, 0.29) is 0 Å². The molecule has 0 amide bonds. The van der Waals surface area contributed by atoms with Crippen LogP contribution in [0.3, 0.4) is 0 Å². The number of aliphatic imine (C=N–C) groups is 1. The molecule has 4 rings (SSSR count). The lowest BCUT2D eigenvalue weighted by atomic mass is 10.1. The fourth-order valence-electron chi connectivity index (χ4n) is 2.54. The number of benzene rings is 2. The Morgan fingerprint density at radius 2 is 1.84 bits per heavy atom. The minimum absolute atomic E-state index is 0.871. The van der Waals surface area contributed by atoms with Gasteiger partial charge in [-0.05, 0) is 17.7 Å². The lowest BCUT2D eigenvalue weighted by Crippen LogP contribution is -2.10. The van der Waals surface area contributed by atoms with E-state index in [1.54, 1.807) is 0 Å². The SMILES string of the molecule is c1ccc2c(c1)CC(Nc1c[nH]c3ccccc13)=N2. The first kappa shape index (κ1) is 10.4. The number of fused-ring (bicyclic) bond motifs is 2. The van der Waals surface area contributed by atoms with E-state index >= 15 is 0 Å². The summed E-state index contributed by atoms with van der Waals surface area (Å²) in [6, 6.07) is 16.5. The second-order valence-corrected chi connectivity index (χ2v) is 4.74. The number of amidine groups is 1. The molecule has 2 N–H and O–H groups in total. The number of para-hydroxylation sites is 2. The number of aromatic nitrogens is 1. The van der Waals surface area contributed by atoms with Crippen LogP contribution < -0.4 is 5.32 Å². The van der Waals surface area contributed by atoms with E-state index in [1.165, 1.54) is 10.9 Å². The van der Waals surface area contributed by atoms with Gasteiger partial charge in [0.15, 0.2) is 0 Å². The molecule has 0 bridgehead atoms. The fraction of sp³-hybridized carbons (Fsp3) is 0.0625. The quantitative estimate of drug-likeness (QED) is 0.673. The van der Waals surface area contributed by atoms with Crippen molar-refractivity contribution in [3.63, 3.8) is 0 Å². The summed E-state index contributed by atoms with van der Waals surface area (Å²) in [4.78, 5) is 7.89. The number of nitrogens with one attached hydrogen (secondary N) is 2. The Balaban J connectivity index is 1.67. The number of nitrogens with zero attached hydrogens (tertiary/aromatic N) is 1. The highest BCUT2D eigenvalue weighted by molar-refractivity contribution is 6.07. The topological polar surface area (TPSA) is 40.2 Å². The van der Waals surface area contributed by atoms with Crippen LogP contribution in [-0.4, -0.2) is 10.8 Å². The Kier molecular flexibility index (Phi) is 2.18. The first-order chi connectivity index (χ1) is 9.40. The van der Waals surface area contributed by atoms with Crippen LogP contribution in [0.25, 0.3) is 10.9 Å². The lowest BCUT2D eigenvalue weighted by Gasteiger charge is -2.03. The molecule has 1 aromatic heterocycles. The number of rotatable bonds is 1. The van der Waals surface area contributed by atoms with Gasteiger partial charge in [0.25, 0.3) is 0 Å². The Labute approximate surface area is 111 Å². The molecule has 3 aromatic rings. The molecule has 0 fully saturated rings. The van der Waals surface area contributed by atoms with Crippen LogP contribution in [0, 0.1) is 0 Å². The van der Waals surface area contributed by atoms with Crippen LogP contribution in [0.4, 0.5) is 11.4 Å². The maximum atomic E-state index is 4.62. The zero-order valence-corrected chi connectivity index (χ0v) is 10.4. The maximum Gasteiger partial charge on any atom is 0.111 e. The third-order valence-electron chi connectivity index (χ3n) is 3.47. The molecule has 1 aliphatic rings. The molecule has 92 valence electrons. The molecule has 0 unspecified atom stereocenters. The van der Waals surface area contributed by atoms with Crippen LogP contribution in [0.15, 0.2) is 59.7 Å². The van der Waals surface area contributed by atoms with Crippen molar-refractivity contribution in [1.29, 1.82) is 0 Å². The van der Waals surface area contributed by atoms with Crippen LogP contribution in [0.1, 0.15) is 5.56 Å². The predicted octanol–water partition coefficient (Wildman–Crippen LogP) is 3.87. The Morgan fingerprint density at radius 1 is 1.00 bits per heavy atom. The zero-order valence-electron chi connectivity index (χ0n) is 10.4. The van der Waals surface area contributed by atoms with Crippen molar-refractivity contribution in [1.82, 2.24) is 4.98 Å². The van der Waals surface area contributed by atoms with E-state index in [2.05, 4.69) is 45.6 Å². The molecule has 0 aliphatic carbocycles. The van der Waals surface area contributed by atoms with Gasteiger partial charge in [0.05, 0.1) is 11.4 Å². The van der Waals surface area contributed by atoms with Gasteiger partial charge in [0, 0.05) is 23.5 Å². The smallest absolute Gasteiger partial charge is 0.111 e. The van der Waals surface area contributed by atoms with Gasteiger partial charge < -0.3 is 10.3 Å². The van der Waals surface area contributed by atoms with Crippen molar-refractivity contribution in [2.75, 3.05) is 5.32 Å². The Bertz CT molecular complexity index is 783. The summed E-state index contributed by atoms with van der Waals surface area (Å²) in [5.41, 5.74) is 4.58. The van der Waals surface area contributed by atoms with Gasteiger partial charge in [-0.2, -0.15) is 0 Å². The molecule has 0 spiro atoms. The van der Waals surface area contributed by atoms with Crippen molar-refractivity contribution < 1.29 is 0 Å². The average Bonchev–Trinajstić information content (AvgIpc) is 3.03. The number of hydrogen-bond acceptors (Lipinski definition) is 2.